The molecule has 0 aromatic rings. The number of likely N-dealkylation sites (N-methyl/N-ethyl adjacent to an activating group) is 1. The van der Waals surface area contributed by atoms with Crippen LogP contribution in [0.4, 0.5) is 0 Å². The van der Waals surface area contributed by atoms with Crippen LogP contribution in [0, 0.1) is 0 Å². The van der Waals surface area contributed by atoms with Gasteiger partial charge < -0.3 is 10.6 Å². The van der Waals surface area contributed by atoms with Crippen LogP contribution in [0.2, 0.25) is 0 Å². The molecule has 0 aliphatic carbocycles. The van der Waals surface area contributed by atoms with Crippen molar-refractivity contribution in [3.05, 3.63) is 0 Å². The molecule has 13 heavy (non-hydrogen) atoms. The third-order valence-corrected chi connectivity index (χ3v) is 2.24. The minimum Gasteiger partial charge on any atom is -0.341 e. The highest BCUT2D eigenvalue weighted by Gasteiger charge is 2.27. The number of nitrogens with zero attached hydrogens (tertiary/aromatic N) is 1. The van der Waals surface area contributed by atoms with E-state index in [4.69, 9.17) is 5.73 Å². The summed E-state index contributed by atoms with van der Waals surface area (Å²) < 4.78 is 0. The Morgan fingerprint density at radius 2 is 2.00 bits per heavy atom. The third kappa shape index (κ3) is 3.77. The SMILES string of the molecule is CCCC(C)N(C)C(=O)C(C)(C)N. The van der Waals surface area contributed by atoms with Gasteiger partial charge in [-0.3, -0.25) is 4.79 Å². The summed E-state index contributed by atoms with van der Waals surface area (Å²) in [6.07, 6.45) is 2.11. The zero-order valence-corrected chi connectivity index (χ0v) is 9.42. The van der Waals surface area contributed by atoms with Crippen LogP contribution in [0.3, 0.4) is 0 Å². The van der Waals surface area contributed by atoms with Crippen molar-refractivity contribution in [3.8, 4) is 0 Å². The average Bonchev–Trinajstić information content (AvgIpc) is 2.00. The van der Waals surface area contributed by atoms with E-state index in [0.717, 1.165) is 12.8 Å². The molecule has 0 aromatic heterocycles. The van der Waals surface area contributed by atoms with Crippen LogP contribution >= 0.6 is 0 Å². The largest absolute Gasteiger partial charge is 0.341 e. The molecule has 0 rings (SSSR count). The van der Waals surface area contributed by atoms with Crippen LogP contribution < -0.4 is 5.73 Å². The van der Waals surface area contributed by atoms with Gasteiger partial charge >= 0.3 is 0 Å². The first-order chi connectivity index (χ1) is 5.80. The van der Waals surface area contributed by atoms with Crippen LogP contribution in [-0.4, -0.2) is 29.4 Å². The molecule has 1 amide bonds. The van der Waals surface area contributed by atoms with E-state index in [1.807, 2.05) is 14.0 Å². The molecule has 3 nitrogen and oxygen atoms in total. The van der Waals surface area contributed by atoms with Crippen LogP contribution in [-0.2, 0) is 4.79 Å². The quantitative estimate of drug-likeness (QED) is 0.720. The number of nitrogens with two attached hydrogens (primary N) is 1. The van der Waals surface area contributed by atoms with E-state index in [-0.39, 0.29) is 11.9 Å². The molecule has 3 heteroatoms. The fraction of sp³-hybridized carbons (Fsp3) is 0.900. The van der Waals surface area contributed by atoms with Crippen LogP contribution in [0.25, 0.3) is 0 Å². The third-order valence-electron chi connectivity index (χ3n) is 2.24. The van der Waals surface area contributed by atoms with E-state index in [0.29, 0.717) is 0 Å². The standard InChI is InChI=1S/C10H22N2O/c1-6-7-8(2)12(5)9(13)10(3,4)11/h8H,6-7,11H2,1-5H3. The summed E-state index contributed by atoms with van der Waals surface area (Å²) in [5.74, 6) is 0.00782. The molecule has 0 saturated carbocycles. The lowest BCUT2D eigenvalue weighted by Crippen LogP contribution is -2.52. The number of hydrogen-bond acceptors (Lipinski definition) is 2. The number of amides is 1. The Balaban J connectivity index is 4.26. The van der Waals surface area contributed by atoms with Crippen molar-refractivity contribution in [2.45, 2.75) is 52.1 Å². The summed E-state index contributed by atoms with van der Waals surface area (Å²) in [6.45, 7) is 7.64. The molecule has 0 radical (unpaired) electrons. The van der Waals surface area contributed by atoms with Gasteiger partial charge in [0.15, 0.2) is 0 Å². The predicted molar refractivity (Wildman–Crippen MR) is 55.4 cm³/mol. The molecule has 2 N–H and O–H groups in total. The Morgan fingerprint density at radius 1 is 1.54 bits per heavy atom. The van der Waals surface area contributed by atoms with E-state index in [9.17, 15) is 4.79 Å². The zero-order valence-electron chi connectivity index (χ0n) is 9.42. The topological polar surface area (TPSA) is 46.3 Å². The van der Waals surface area contributed by atoms with Crippen LogP contribution in [0.5, 0.6) is 0 Å². The highest BCUT2D eigenvalue weighted by Crippen LogP contribution is 2.09. The van der Waals surface area contributed by atoms with Crippen LogP contribution in [0.15, 0.2) is 0 Å². The van der Waals surface area contributed by atoms with Gasteiger partial charge in [-0.2, -0.15) is 0 Å². The normalized spacial score (nSPS) is 14.0. The maximum atomic E-state index is 11.7. The lowest BCUT2D eigenvalue weighted by atomic mass is 10.0. The van der Waals surface area contributed by atoms with Gasteiger partial charge in [0.05, 0.1) is 5.54 Å². The van der Waals surface area contributed by atoms with Crippen molar-refractivity contribution in [3.63, 3.8) is 0 Å². The molecule has 0 spiro atoms. The second-order valence-corrected chi connectivity index (χ2v) is 4.28. The van der Waals surface area contributed by atoms with E-state index in [1.54, 1.807) is 18.7 Å². The number of hydrogen-bond donors (Lipinski definition) is 1. The monoisotopic (exact) mass is 186 g/mol. The molecular formula is C10H22N2O. The molecule has 0 fully saturated rings. The first-order valence-corrected chi connectivity index (χ1v) is 4.86. The molecular weight excluding hydrogens is 164 g/mol. The predicted octanol–water partition coefficient (Wildman–Crippen LogP) is 1.37. The lowest BCUT2D eigenvalue weighted by Gasteiger charge is -2.30. The summed E-state index contributed by atoms with van der Waals surface area (Å²) in [7, 11) is 1.82. The fourth-order valence-electron chi connectivity index (χ4n) is 1.27. The molecule has 0 aliphatic heterocycles. The van der Waals surface area contributed by atoms with Crippen molar-refractivity contribution in [2.75, 3.05) is 7.05 Å². The number of rotatable bonds is 4. The van der Waals surface area contributed by atoms with Crippen LogP contribution in [0.1, 0.15) is 40.5 Å². The van der Waals surface area contributed by atoms with Gasteiger partial charge in [-0.15, -0.1) is 0 Å². The van der Waals surface area contributed by atoms with E-state index >= 15 is 0 Å². The lowest BCUT2D eigenvalue weighted by molar-refractivity contribution is -0.136. The molecule has 1 unspecified atom stereocenters. The fourth-order valence-corrected chi connectivity index (χ4v) is 1.27. The zero-order chi connectivity index (χ0) is 10.6. The Kier molecular flexibility index (Phi) is 4.40. The van der Waals surface area contributed by atoms with Crippen molar-refractivity contribution < 1.29 is 4.79 Å². The molecule has 0 bridgehead atoms. The van der Waals surface area contributed by atoms with Crippen molar-refractivity contribution in [1.82, 2.24) is 4.90 Å². The van der Waals surface area contributed by atoms with E-state index in [1.165, 1.54) is 0 Å². The van der Waals surface area contributed by atoms with Gasteiger partial charge in [0.1, 0.15) is 0 Å². The molecule has 78 valence electrons. The van der Waals surface area contributed by atoms with Gasteiger partial charge in [-0.25, -0.2) is 0 Å². The summed E-state index contributed by atoms with van der Waals surface area (Å²) in [6, 6.07) is 0.278. The van der Waals surface area contributed by atoms with E-state index in [2.05, 4.69) is 6.92 Å². The smallest absolute Gasteiger partial charge is 0.242 e. The van der Waals surface area contributed by atoms with E-state index < -0.39 is 5.54 Å². The first kappa shape index (κ1) is 12.4. The maximum absolute atomic E-state index is 11.7. The van der Waals surface area contributed by atoms with Gasteiger partial charge in [-0.05, 0) is 27.2 Å². The van der Waals surface area contributed by atoms with Gasteiger partial charge in [0, 0.05) is 13.1 Å². The Hall–Kier alpha value is -0.570. The molecule has 0 heterocycles. The van der Waals surface area contributed by atoms with Crippen molar-refractivity contribution in [1.29, 1.82) is 0 Å². The summed E-state index contributed by atoms with van der Waals surface area (Å²) in [5, 5.41) is 0. The number of carbonyl (C=O) groups excluding carboxylic acids is 1. The summed E-state index contributed by atoms with van der Waals surface area (Å²) in [4.78, 5) is 13.4. The Bertz CT molecular complexity index is 172. The van der Waals surface area contributed by atoms with Gasteiger partial charge in [0.25, 0.3) is 0 Å². The Morgan fingerprint density at radius 3 is 2.31 bits per heavy atom. The highest BCUT2D eigenvalue weighted by molar-refractivity contribution is 5.85. The molecule has 0 saturated heterocycles. The molecule has 1 atom stereocenters. The highest BCUT2D eigenvalue weighted by atomic mass is 16.2. The average molecular weight is 186 g/mol. The molecule has 0 aromatic carbocycles. The van der Waals surface area contributed by atoms with Gasteiger partial charge in [-0.1, -0.05) is 13.3 Å². The summed E-state index contributed by atoms with van der Waals surface area (Å²) >= 11 is 0. The second-order valence-electron chi connectivity index (χ2n) is 4.28. The number of carbonyl (C=O) groups is 1. The minimum absolute atomic E-state index is 0.00782. The van der Waals surface area contributed by atoms with Crippen molar-refractivity contribution >= 4 is 5.91 Å². The first-order valence-electron chi connectivity index (χ1n) is 4.86. The molecule has 0 aliphatic rings. The van der Waals surface area contributed by atoms with Crippen molar-refractivity contribution in [2.24, 2.45) is 5.73 Å². The van der Waals surface area contributed by atoms with Gasteiger partial charge in [0.2, 0.25) is 5.91 Å². The Labute approximate surface area is 81.3 Å². The second kappa shape index (κ2) is 4.61. The summed E-state index contributed by atoms with van der Waals surface area (Å²) in [5.41, 5.74) is 4.97. The minimum atomic E-state index is -0.753. The maximum Gasteiger partial charge on any atom is 0.242 e.